The maximum Gasteiger partial charge on any atom is 0.330 e. The summed E-state index contributed by atoms with van der Waals surface area (Å²) in [5.74, 6) is 0.274. The third kappa shape index (κ3) is 4.49. The van der Waals surface area contributed by atoms with Crippen LogP contribution in [0, 0.1) is 0 Å². The molecule has 0 unspecified atom stereocenters. The smallest absolute Gasteiger partial charge is 0.330 e. The summed E-state index contributed by atoms with van der Waals surface area (Å²) in [7, 11) is 0. The van der Waals surface area contributed by atoms with E-state index < -0.39 is 0 Å². The number of esters is 1. The van der Waals surface area contributed by atoms with E-state index in [0.717, 1.165) is 12.8 Å². The minimum atomic E-state index is -0.388. The van der Waals surface area contributed by atoms with E-state index in [1.165, 1.54) is 24.5 Å². The lowest BCUT2D eigenvalue weighted by Gasteiger charge is -2.28. The summed E-state index contributed by atoms with van der Waals surface area (Å²) in [6, 6.07) is 10.7. The zero-order valence-corrected chi connectivity index (χ0v) is 11.8. The van der Waals surface area contributed by atoms with Crippen LogP contribution in [0.2, 0.25) is 0 Å². The van der Waals surface area contributed by atoms with Crippen LogP contribution < -0.4 is 0 Å². The van der Waals surface area contributed by atoms with Crippen molar-refractivity contribution in [2.45, 2.75) is 37.7 Å². The summed E-state index contributed by atoms with van der Waals surface area (Å²) in [5, 5.41) is 0. The van der Waals surface area contributed by atoms with Crippen LogP contribution in [0.1, 0.15) is 37.2 Å². The van der Waals surface area contributed by atoms with Gasteiger partial charge in [0.05, 0.1) is 12.7 Å². The molecule has 2 rings (SSSR count). The molecule has 1 aromatic carbocycles. The van der Waals surface area contributed by atoms with Gasteiger partial charge in [-0.15, -0.1) is 0 Å². The highest BCUT2D eigenvalue weighted by Crippen LogP contribution is 2.33. The second kappa shape index (κ2) is 7.85. The predicted octanol–water partition coefficient (Wildman–Crippen LogP) is 3.46. The van der Waals surface area contributed by atoms with E-state index in [2.05, 4.69) is 36.9 Å². The van der Waals surface area contributed by atoms with Crippen molar-refractivity contribution < 1.29 is 14.3 Å². The first-order chi connectivity index (χ1) is 9.79. The Morgan fingerprint density at radius 3 is 2.50 bits per heavy atom. The Balaban J connectivity index is 1.64. The molecule has 3 heteroatoms. The van der Waals surface area contributed by atoms with Crippen molar-refractivity contribution >= 4 is 5.97 Å². The topological polar surface area (TPSA) is 35.5 Å². The Kier molecular flexibility index (Phi) is 5.81. The molecule has 0 spiro atoms. The van der Waals surface area contributed by atoms with Gasteiger partial charge in [0.15, 0.2) is 0 Å². The zero-order valence-electron chi connectivity index (χ0n) is 11.8. The molecule has 0 saturated heterocycles. The Morgan fingerprint density at radius 2 is 1.85 bits per heavy atom. The molecular weight excluding hydrogens is 252 g/mol. The number of carbonyl (C=O) groups is 1. The molecule has 0 aliphatic heterocycles. The highest BCUT2D eigenvalue weighted by atomic mass is 16.6. The van der Waals surface area contributed by atoms with Crippen molar-refractivity contribution in [3.8, 4) is 0 Å². The lowest BCUT2D eigenvalue weighted by atomic mass is 9.83. The number of benzene rings is 1. The van der Waals surface area contributed by atoms with Crippen molar-refractivity contribution in [3.05, 3.63) is 48.6 Å². The van der Waals surface area contributed by atoms with Crippen molar-refractivity contribution in [3.63, 3.8) is 0 Å². The quantitative estimate of drug-likeness (QED) is 0.453. The number of carbonyl (C=O) groups excluding carboxylic acids is 1. The van der Waals surface area contributed by atoms with E-state index in [1.807, 2.05) is 0 Å². The summed E-state index contributed by atoms with van der Waals surface area (Å²) in [5.41, 5.74) is 1.44. The number of hydrogen-bond acceptors (Lipinski definition) is 3. The summed E-state index contributed by atoms with van der Waals surface area (Å²) >= 11 is 0. The molecule has 1 aromatic rings. The summed E-state index contributed by atoms with van der Waals surface area (Å²) in [4.78, 5) is 10.9. The molecule has 0 radical (unpaired) electrons. The summed E-state index contributed by atoms with van der Waals surface area (Å²) in [6.45, 7) is 4.13. The van der Waals surface area contributed by atoms with Crippen LogP contribution in [-0.2, 0) is 14.3 Å². The predicted molar refractivity (Wildman–Crippen MR) is 78.5 cm³/mol. The summed E-state index contributed by atoms with van der Waals surface area (Å²) in [6.07, 6.45) is 5.97. The van der Waals surface area contributed by atoms with Gasteiger partial charge in [0, 0.05) is 6.08 Å². The van der Waals surface area contributed by atoms with E-state index in [0.29, 0.717) is 25.2 Å². The highest BCUT2D eigenvalue weighted by Gasteiger charge is 2.22. The molecule has 1 aliphatic rings. The largest absolute Gasteiger partial charge is 0.460 e. The van der Waals surface area contributed by atoms with Crippen molar-refractivity contribution in [2.24, 2.45) is 0 Å². The van der Waals surface area contributed by atoms with Gasteiger partial charge >= 0.3 is 5.97 Å². The fourth-order valence-corrected chi connectivity index (χ4v) is 2.70. The fourth-order valence-electron chi connectivity index (χ4n) is 2.70. The molecule has 1 saturated carbocycles. The molecule has 20 heavy (non-hydrogen) atoms. The van der Waals surface area contributed by atoms with Crippen LogP contribution in [0.25, 0.3) is 0 Å². The molecule has 0 heterocycles. The maximum absolute atomic E-state index is 10.9. The van der Waals surface area contributed by atoms with Crippen LogP contribution in [0.4, 0.5) is 0 Å². The Labute approximate surface area is 120 Å². The average Bonchev–Trinajstić information content (AvgIpc) is 2.52. The monoisotopic (exact) mass is 274 g/mol. The van der Waals surface area contributed by atoms with Crippen LogP contribution >= 0.6 is 0 Å². The van der Waals surface area contributed by atoms with E-state index in [9.17, 15) is 4.79 Å². The van der Waals surface area contributed by atoms with Gasteiger partial charge in [-0.05, 0) is 37.2 Å². The molecular formula is C17H22O3. The molecule has 0 atom stereocenters. The van der Waals surface area contributed by atoms with Gasteiger partial charge in [0.1, 0.15) is 6.61 Å². The molecule has 0 N–H and O–H groups in total. The molecule has 0 aromatic heterocycles. The first kappa shape index (κ1) is 14.8. The van der Waals surface area contributed by atoms with Gasteiger partial charge in [-0.1, -0.05) is 36.9 Å². The number of ether oxygens (including phenoxy) is 2. The van der Waals surface area contributed by atoms with Crippen molar-refractivity contribution in [1.82, 2.24) is 0 Å². The van der Waals surface area contributed by atoms with Crippen LogP contribution in [0.5, 0.6) is 0 Å². The normalized spacial score (nSPS) is 22.2. The van der Waals surface area contributed by atoms with E-state index >= 15 is 0 Å². The van der Waals surface area contributed by atoms with E-state index in [4.69, 9.17) is 9.47 Å². The third-order valence-corrected chi connectivity index (χ3v) is 3.79. The standard InChI is InChI=1S/C17H22O3/c1-2-17(18)20-13-12-19-16-10-8-15(9-11-16)14-6-4-3-5-7-14/h2-7,15-16H,1,8-13H2. The second-order valence-corrected chi connectivity index (χ2v) is 5.13. The second-order valence-electron chi connectivity index (χ2n) is 5.13. The minimum Gasteiger partial charge on any atom is -0.460 e. The minimum absolute atomic E-state index is 0.303. The van der Waals surface area contributed by atoms with Gasteiger partial charge < -0.3 is 9.47 Å². The molecule has 1 fully saturated rings. The number of rotatable bonds is 6. The van der Waals surface area contributed by atoms with Gasteiger partial charge in [-0.2, -0.15) is 0 Å². The van der Waals surface area contributed by atoms with Crippen LogP contribution in [0.15, 0.2) is 43.0 Å². The fraction of sp³-hybridized carbons (Fsp3) is 0.471. The molecule has 3 nitrogen and oxygen atoms in total. The maximum atomic E-state index is 10.9. The first-order valence-corrected chi connectivity index (χ1v) is 7.25. The molecule has 108 valence electrons. The lowest BCUT2D eigenvalue weighted by molar-refractivity contribution is -0.140. The molecule has 0 bridgehead atoms. The lowest BCUT2D eigenvalue weighted by Crippen LogP contribution is -2.23. The first-order valence-electron chi connectivity index (χ1n) is 7.25. The summed E-state index contributed by atoms with van der Waals surface area (Å²) < 4.78 is 10.6. The SMILES string of the molecule is C=CC(=O)OCCOC1CCC(c2ccccc2)CC1. The number of hydrogen-bond donors (Lipinski definition) is 0. The Bertz CT molecular complexity index is 419. The van der Waals surface area contributed by atoms with Crippen LogP contribution in [-0.4, -0.2) is 25.3 Å². The molecule has 0 amide bonds. The zero-order chi connectivity index (χ0) is 14.2. The Morgan fingerprint density at radius 1 is 1.15 bits per heavy atom. The third-order valence-electron chi connectivity index (χ3n) is 3.79. The van der Waals surface area contributed by atoms with Gasteiger partial charge in [-0.3, -0.25) is 0 Å². The Hall–Kier alpha value is -1.61. The van der Waals surface area contributed by atoms with E-state index in [1.54, 1.807) is 0 Å². The van der Waals surface area contributed by atoms with E-state index in [-0.39, 0.29) is 5.97 Å². The van der Waals surface area contributed by atoms with Crippen molar-refractivity contribution in [2.75, 3.05) is 13.2 Å². The highest BCUT2D eigenvalue weighted by molar-refractivity contribution is 5.81. The average molecular weight is 274 g/mol. The van der Waals surface area contributed by atoms with Gasteiger partial charge in [-0.25, -0.2) is 4.79 Å². The van der Waals surface area contributed by atoms with Crippen molar-refractivity contribution in [1.29, 1.82) is 0 Å². The van der Waals surface area contributed by atoms with Crippen LogP contribution in [0.3, 0.4) is 0 Å². The van der Waals surface area contributed by atoms with Gasteiger partial charge in [0.25, 0.3) is 0 Å². The molecule has 1 aliphatic carbocycles. The van der Waals surface area contributed by atoms with Gasteiger partial charge in [0.2, 0.25) is 0 Å².